The van der Waals surface area contributed by atoms with Crippen molar-refractivity contribution in [2.75, 3.05) is 38.8 Å². The maximum atomic E-state index is 13.9. The monoisotopic (exact) mass is 466 g/mol. The first-order valence-electron chi connectivity index (χ1n) is 12.6. The van der Waals surface area contributed by atoms with E-state index in [1.54, 1.807) is 32.4 Å². The molecule has 2 aliphatic rings. The first kappa shape index (κ1) is 24.4. The summed E-state index contributed by atoms with van der Waals surface area (Å²) in [5, 5.41) is 11.6. The molecule has 1 heterocycles. The summed E-state index contributed by atoms with van der Waals surface area (Å²) >= 11 is 0. The van der Waals surface area contributed by atoms with Gasteiger partial charge in [0, 0.05) is 37.3 Å². The Balaban J connectivity index is 1.73. The van der Waals surface area contributed by atoms with Crippen molar-refractivity contribution in [3.63, 3.8) is 0 Å². The Kier molecular flexibility index (Phi) is 7.36. The number of methoxy groups -OCH3 is 2. The van der Waals surface area contributed by atoms with Crippen LogP contribution in [0.5, 0.6) is 11.5 Å². The van der Waals surface area contributed by atoms with Crippen LogP contribution in [0.2, 0.25) is 0 Å². The lowest BCUT2D eigenvalue weighted by molar-refractivity contribution is -0.115. The zero-order valence-corrected chi connectivity index (χ0v) is 20.9. The lowest BCUT2D eigenvalue weighted by Crippen LogP contribution is -2.56. The summed E-state index contributed by atoms with van der Waals surface area (Å²) in [6.07, 6.45) is 4.45. The molecule has 2 fully saturated rings. The van der Waals surface area contributed by atoms with Gasteiger partial charge in [0.25, 0.3) is 5.91 Å². The number of fused-ring (bicyclic) bond motifs is 1. The predicted molar refractivity (Wildman–Crippen MR) is 135 cm³/mol. The van der Waals surface area contributed by atoms with Gasteiger partial charge in [0.2, 0.25) is 0 Å². The van der Waals surface area contributed by atoms with E-state index in [9.17, 15) is 9.90 Å². The molecule has 1 aliphatic heterocycles. The summed E-state index contributed by atoms with van der Waals surface area (Å²) < 4.78 is 10.9. The van der Waals surface area contributed by atoms with E-state index in [0.29, 0.717) is 30.0 Å². The van der Waals surface area contributed by atoms with Crippen LogP contribution in [-0.4, -0.2) is 55.4 Å². The molecule has 3 atom stereocenters. The molecular formula is C28H38N2O4. The summed E-state index contributed by atoms with van der Waals surface area (Å²) in [5.74, 6) is 1.11. The van der Waals surface area contributed by atoms with Crippen molar-refractivity contribution in [3.05, 3.63) is 53.6 Å². The van der Waals surface area contributed by atoms with Crippen LogP contribution in [0, 0.1) is 5.92 Å². The van der Waals surface area contributed by atoms with Crippen LogP contribution >= 0.6 is 0 Å². The van der Waals surface area contributed by atoms with E-state index in [2.05, 4.69) is 43.0 Å². The van der Waals surface area contributed by atoms with Gasteiger partial charge >= 0.3 is 0 Å². The van der Waals surface area contributed by atoms with Gasteiger partial charge in [0.1, 0.15) is 11.5 Å². The molecule has 4 rings (SSSR count). The predicted octanol–water partition coefficient (Wildman–Crippen LogP) is 5.06. The maximum Gasteiger partial charge on any atom is 0.258 e. The largest absolute Gasteiger partial charge is 0.497 e. The molecule has 6 nitrogen and oxygen atoms in total. The second-order valence-corrected chi connectivity index (χ2v) is 9.48. The molecule has 6 heteroatoms. The van der Waals surface area contributed by atoms with E-state index < -0.39 is 5.60 Å². The number of hydrogen-bond acceptors (Lipinski definition) is 5. The first-order chi connectivity index (χ1) is 16.5. The zero-order chi connectivity index (χ0) is 24.3. The number of aliphatic hydroxyl groups is 1. The maximum absolute atomic E-state index is 13.9. The Morgan fingerprint density at radius 2 is 1.79 bits per heavy atom. The fourth-order valence-corrected chi connectivity index (χ4v) is 5.92. The van der Waals surface area contributed by atoms with Crippen LogP contribution in [-0.2, 0) is 0 Å². The third kappa shape index (κ3) is 4.48. The fraction of sp³-hybridized carbons (Fsp3) is 0.536. The van der Waals surface area contributed by atoms with Crippen LogP contribution in [0.25, 0.3) is 0 Å². The average molecular weight is 467 g/mol. The Hall–Kier alpha value is -2.73. The normalized spacial score (nSPS) is 24.3. The number of anilines is 1. The molecular weight excluding hydrogens is 428 g/mol. The van der Waals surface area contributed by atoms with Crippen LogP contribution in [0.1, 0.15) is 67.9 Å². The van der Waals surface area contributed by atoms with Gasteiger partial charge < -0.3 is 24.4 Å². The van der Waals surface area contributed by atoms with Gasteiger partial charge in [-0.3, -0.25) is 4.79 Å². The van der Waals surface area contributed by atoms with Crippen LogP contribution in [0.15, 0.2) is 42.5 Å². The van der Waals surface area contributed by atoms with E-state index in [0.717, 1.165) is 44.3 Å². The van der Waals surface area contributed by atoms with Crippen LogP contribution in [0.4, 0.5) is 5.69 Å². The summed E-state index contributed by atoms with van der Waals surface area (Å²) in [7, 11) is 3.17. The highest BCUT2D eigenvalue weighted by Gasteiger charge is 2.50. The topological polar surface area (TPSA) is 62.2 Å². The molecule has 1 aliphatic carbocycles. The molecule has 1 saturated carbocycles. The number of rotatable bonds is 7. The van der Waals surface area contributed by atoms with E-state index in [1.807, 2.05) is 4.90 Å². The minimum atomic E-state index is -0.721. The highest BCUT2D eigenvalue weighted by Crippen LogP contribution is 2.50. The van der Waals surface area contributed by atoms with Gasteiger partial charge in [0.05, 0.1) is 31.4 Å². The number of carbonyl (C=O) groups excluding carboxylic acids is 1. The van der Waals surface area contributed by atoms with Crippen molar-refractivity contribution < 1.29 is 19.4 Å². The second-order valence-electron chi connectivity index (χ2n) is 9.48. The smallest absolute Gasteiger partial charge is 0.258 e. The molecule has 0 unspecified atom stereocenters. The number of hydrogen-bond donors (Lipinski definition) is 1. The average Bonchev–Trinajstić information content (AvgIpc) is 2.88. The standard InChI is InChI=1S/C28H38N2O4/c1-5-29(6-2)21-12-10-20(11-13-21)26-24-9-7-8-16-28(24,32)17-18-30(26)27(31)23-15-14-22(33-3)19-25(23)34-4/h10-15,19,24,26,32H,5-9,16-18H2,1-4H3/t24-,26+,28+/m0/s1. The van der Waals surface area contributed by atoms with Crippen molar-refractivity contribution in [3.8, 4) is 11.5 Å². The minimum Gasteiger partial charge on any atom is -0.497 e. The number of amides is 1. The summed E-state index contributed by atoms with van der Waals surface area (Å²) in [5.41, 5.74) is 2.07. The van der Waals surface area contributed by atoms with Crippen LogP contribution < -0.4 is 14.4 Å². The van der Waals surface area contributed by atoms with Crippen LogP contribution in [0.3, 0.4) is 0 Å². The number of piperidine rings is 1. The molecule has 0 spiro atoms. The molecule has 34 heavy (non-hydrogen) atoms. The highest BCUT2D eigenvalue weighted by molar-refractivity contribution is 5.97. The lowest BCUT2D eigenvalue weighted by atomic mass is 9.66. The Bertz CT molecular complexity index is 988. The number of ether oxygens (including phenoxy) is 2. The molecule has 2 aromatic rings. The summed E-state index contributed by atoms with van der Waals surface area (Å²) in [6, 6.07) is 13.7. The number of nitrogens with zero attached hydrogens (tertiary/aromatic N) is 2. The lowest BCUT2D eigenvalue weighted by Gasteiger charge is -2.52. The van der Waals surface area contributed by atoms with Gasteiger partial charge in [-0.25, -0.2) is 0 Å². The zero-order valence-electron chi connectivity index (χ0n) is 20.9. The van der Waals surface area contributed by atoms with E-state index in [4.69, 9.17) is 9.47 Å². The van der Waals surface area contributed by atoms with Gasteiger partial charge in [0.15, 0.2) is 0 Å². The van der Waals surface area contributed by atoms with E-state index in [1.165, 1.54) is 5.69 Å². The van der Waals surface area contributed by atoms with Crippen molar-refractivity contribution in [2.24, 2.45) is 5.92 Å². The van der Waals surface area contributed by atoms with Gasteiger partial charge in [-0.05, 0) is 62.9 Å². The minimum absolute atomic E-state index is 0.0162. The number of benzene rings is 2. The van der Waals surface area contributed by atoms with Gasteiger partial charge in [-0.15, -0.1) is 0 Å². The Morgan fingerprint density at radius 1 is 1.06 bits per heavy atom. The quantitative estimate of drug-likeness (QED) is 0.618. The summed E-state index contributed by atoms with van der Waals surface area (Å²) in [6.45, 7) is 6.73. The van der Waals surface area contributed by atoms with Crippen molar-refractivity contribution in [2.45, 2.75) is 57.6 Å². The van der Waals surface area contributed by atoms with Crippen molar-refractivity contribution in [1.82, 2.24) is 4.90 Å². The molecule has 184 valence electrons. The highest BCUT2D eigenvalue weighted by atomic mass is 16.5. The van der Waals surface area contributed by atoms with Gasteiger partial charge in [-0.2, -0.15) is 0 Å². The molecule has 1 saturated heterocycles. The molecule has 0 radical (unpaired) electrons. The molecule has 1 amide bonds. The van der Waals surface area contributed by atoms with E-state index >= 15 is 0 Å². The number of likely N-dealkylation sites (tertiary alicyclic amines) is 1. The molecule has 1 N–H and O–H groups in total. The van der Waals surface area contributed by atoms with Crippen molar-refractivity contribution >= 4 is 11.6 Å². The molecule has 2 aromatic carbocycles. The molecule has 0 aromatic heterocycles. The SMILES string of the molecule is CCN(CC)c1ccc([C@@H]2[C@@H]3CCCC[C@@]3(O)CCN2C(=O)c2ccc(OC)cc2OC)cc1. The van der Waals surface area contributed by atoms with Crippen molar-refractivity contribution in [1.29, 1.82) is 0 Å². The van der Waals surface area contributed by atoms with E-state index in [-0.39, 0.29) is 17.9 Å². The molecule has 0 bridgehead atoms. The third-order valence-corrected chi connectivity index (χ3v) is 7.83. The second kappa shape index (κ2) is 10.3. The fourth-order valence-electron chi connectivity index (χ4n) is 5.92. The number of carbonyl (C=O) groups is 1. The van der Waals surface area contributed by atoms with Gasteiger partial charge in [-0.1, -0.05) is 25.0 Å². The third-order valence-electron chi connectivity index (χ3n) is 7.83. The Labute approximate surface area is 203 Å². The summed E-state index contributed by atoms with van der Waals surface area (Å²) in [4.78, 5) is 18.2. The first-order valence-corrected chi connectivity index (χ1v) is 12.6. The Morgan fingerprint density at radius 3 is 2.44 bits per heavy atom.